The summed E-state index contributed by atoms with van der Waals surface area (Å²) >= 11 is 0. The van der Waals surface area contributed by atoms with Crippen LogP contribution in [-0.4, -0.2) is 33.3 Å². The van der Waals surface area contributed by atoms with Crippen LogP contribution >= 0.6 is 0 Å². The molecule has 1 aromatic carbocycles. The highest BCUT2D eigenvalue weighted by Gasteiger charge is 2.52. The summed E-state index contributed by atoms with van der Waals surface area (Å²) in [5, 5.41) is 3.07. The van der Waals surface area contributed by atoms with Gasteiger partial charge in [-0.05, 0) is 56.0 Å². The standard InChI is InChI=1S/C23H24F3N3O2/c1-22-14-18(16-5-4-6-17(13-16)23(24,25)26)29(21(31)15-9-11-27-12-10-15)19(22)7-2-3-8-20(30)28-22/h4-6,9-13,18-19H,2-3,7-8,14H2,1H3,(H,28,30)/t18-,19-,22-/m0/s1. The van der Waals surface area contributed by atoms with Gasteiger partial charge in [-0.1, -0.05) is 18.6 Å². The van der Waals surface area contributed by atoms with Crippen LogP contribution in [0.25, 0.3) is 0 Å². The maximum Gasteiger partial charge on any atom is 0.416 e. The molecule has 5 nitrogen and oxygen atoms in total. The van der Waals surface area contributed by atoms with E-state index in [1.807, 2.05) is 6.92 Å². The number of likely N-dealkylation sites (tertiary alicyclic amines) is 1. The molecule has 3 heterocycles. The number of hydrogen-bond acceptors (Lipinski definition) is 3. The van der Waals surface area contributed by atoms with Crippen molar-refractivity contribution in [1.82, 2.24) is 15.2 Å². The average molecular weight is 431 g/mol. The highest BCUT2D eigenvalue weighted by Crippen LogP contribution is 2.46. The summed E-state index contributed by atoms with van der Waals surface area (Å²) in [7, 11) is 0. The fraction of sp³-hybridized carbons (Fsp3) is 0.435. The topological polar surface area (TPSA) is 62.3 Å². The molecule has 0 bridgehead atoms. The molecule has 31 heavy (non-hydrogen) atoms. The van der Waals surface area contributed by atoms with Gasteiger partial charge in [0.05, 0.1) is 23.2 Å². The van der Waals surface area contributed by atoms with Gasteiger partial charge in [0.2, 0.25) is 5.91 Å². The smallest absolute Gasteiger partial charge is 0.349 e. The minimum Gasteiger partial charge on any atom is -0.349 e. The van der Waals surface area contributed by atoms with Gasteiger partial charge >= 0.3 is 6.18 Å². The average Bonchev–Trinajstić information content (AvgIpc) is 3.01. The number of carbonyl (C=O) groups excluding carboxylic acids is 2. The Morgan fingerprint density at radius 2 is 1.94 bits per heavy atom. The molecule has 2 fully saturated rings. The number of amides is 2. The molecule has 2 saturated heterocycles. The zero-order valence-corrected chi connectivity index (χ0v) is 17.2. The minimum atomic E-state index is -4.48. The predicted octanol–water partition coefficient (Wildman–Crippen LogP) is 4.51. The lowest BCUT2D eigenvalue weighted by atomic mass is 9.85. The molecule has 2 aromatic rings. The van der Waals surface area contributed by atoms with Crippen molar-refractivity contribution < 1.29 is 22.8 Å². The van der Waals surface area contributed by atoms with Crippen molar-refractivity contribution in [2.45, 2.75) is 62.8 Å². The lowest BCUT2D eigenvalue weighted by molar-refractivity contribution is -0.137. The highest BCUT2D eigenvalue weighted by molar-refractivity contribution is 5.95. The van der Waals surface area contributed by atoms with Gasteiger partial charge in [0.15, 0.2) is 0 Å². The summed E-state index contributed by atoms with van der Waals surface area (Å²) < 4.78 is 40.1. The molecule has 3 atom stereocenters. The molecule has 0 saturated carbocycles. The lowest BCUT2D eigenvalue weighted by Gasteiger charge is -2.38. The van der Waals surface area contributed by atoms with Crippen molar-refractivity contribution >= 4 is 11.8 Å². The monoisotopic (exact) mass is 431 g/mol. The summed E-state index contributed by atoms with van der Waals surface area (Å²) in [6.45, 7) is 1.89. The van der Waals surface area contributed by atoms with Crippen molar-refractivity contribution in [3.8, 4) is 0 Å². The van der Waals surface area contributed by atoms with Gasteiger partial charge in [0.25, 0.3) is 5.91 Å². The molecule has 0 unspecified atom stereocenters. The summed E-state index contributed by atoms with van der Waals surface area (Å²) in [6, 6.07) is 7.42. The first-order chi connectivity index (χ1) is 14.7. The minimum absolute atomic E-state index is 0.0896. The third-order valence-electron chi connectivity index (χ3n) is 6.34. The van der Waals surface area contributed by atoms with Crippen molar-refractivity contribution in [1.29, 1.82) is 0 Å². The number of rotatable bonds is 2. The predicted molar refractivity (Wildman–Crippen MR) is 108 cm³/mol. The molecule has 0 aliphatic carbocycles. The molecular formula is C23H24F3N3O2. The van der Waals surface area contributed by atoms with E-state index in [9.17, 15) is 22.8 Å². The van der Waals surface area contributed by atoms with E-state index in [0.717, 1.165) is 18.6 Å². The normalized spacial score (nSPS) is 26.6. The molecule has 2 amide bonds. The second-order valence-electron chi connectivity index (χ2n) is 8.52. The number of pyridine rings is 1. The van der Waals surface area contributed by atoms with Gasteiger partial charge in [-0.25, -0.2) is 0 Å². The lowest BCUT2D eigenvalue weighted by Crippen LogP contribution is -2.56. The van der Waals surface area contributed by atoms with E-state index < -0.39 is 23.3 Å². The molecule has 0 radical (unpaired) electrons. The molecule has 4 rings (SSSR count). The largest absolute Gasteiger partial charge is 0.416 e. The molecule has 8 heteroatoms. The number of benzene rings is 1. The van der Waals surface area contributed by atoms with E-state index in [4.69, 9.17) is 0 Å². The molecule has 1 aromatic heterocycles. The maximum atomic E-state index is 13.6. The maximum absolute atomic E-state index is 13.6. The summed E-state index contributed by atoms with van der Waals surface area (Å²) in [6.07, 6.45) is 1.46. The number of hydrogen-bond donors (Lipinski definition) is 1. The third kappa shape index (κ3) is 4.16. The Labute approximate surface area is 178 Å². The third-order valence-corrected chi connectivity index (χ3v) is 6.34. The molecular weight excluding hydrogens is 407 g/mol. The quantitative estimate of drug-likeness (QED) is 0.761. The SMILES string of the molecule is C[C@]12C[C@@H](c3cccc(C(F)(F)F)c3)N(C(=O)c3ccncc3)[C@H]1CCCCC(=O)N2. The number of alkyl halides is 3. The van der Waals surface area contributed by atoms with Crippen LogP contribution < -0.4 is 5.32 Å². The van der Waals surface area contributed by atoms with Gasteiger partial charge < -0.3 is 10.2 Å². The van der Waals surface area contributed by atoms with Crippen LogP contribution in [0.4, 0.5) is 13.2 Å². The van der Waals surface area contributed by atoms with Crippen molar-refractivity contribution in [3.05, 3.63) is 65.5 Å². The highest BCUT2D eigenvalue weighted by atomic mass is 19.4. The Balaban J connectivity index is 1.80. The number of nitrogens with zero attached hydrogens (tertiary/aromatic N) is 2. The van der Waals surface area contributed by atoms with Gasteiger partial charge in [0.1, 0.15) is 0 Å². The summed E-state index contributed by atoms with van der Waals surface area (Å²) in [4.78, 5) is 31.6. The summed E-state index contributed by atoms with van der Waals surface area (Å²) in [5.74, 6) is -0.360. The first-order valence-electron chi connectivity index (χ1n) is 10.4. The van der Waals surface area contributed by atoms with E-state index in [2.05, 4.69) is 10.3 Å². The van der Waals surface area contributed by atoms with Crippen LogP contribution in [0.2, 0.25) is 0 Å². The van der Waals surface area contributed by atoms with Crippen molar-refractivity contribution in [3.63, 3.8) is 0 Å². The molecule has 2 aliphatic heterocycles. The van der Waals surface area contributed by atoms with Gasteiger partial charge in [-0.3, -0.25) is 14.6 Å². The van der Waals surface area contributed by atoms with Crippen molar-refractivity contribution in [2.75, 3.05) is 0 Å². The first kappa shape index (κ1) is 21.3. The second kappa shape index (κ2) is 7.98. The fourth-order valence-electron chi connectivity index (χ4n) is 4.88. The molecule has 164 valence electrons. The van der Waals surface area contributed by atoms with Crippen LogP contribution in [0, 0.1) is 0 Å². The van der Waals surface area contributed by atoms with Crippen LogP contribution in [0.15, 0.2) is 48.8 Å². The number of aromatic nitrogens is 1. The second-order valence-corrected chi connectivity index (χ2v) is 8.52. The Morgan fingerprint density at radius 1 is 1.19 bits per heavy atom. The van der Waals surface area contributed by atoms with E-state index in [1.54, 1.807) is 23.1 Å². The molecule has 2 aliphatic rings. The number of halogens is 3. The van der Waals surface area contributed by atoms with Crippen molar-refractivity contribution in [2.24, 2.45) is 0 Å². The number of fused-ring (bicyclic) bond motifs is 1. The Kier molecular flexibility index (Phi) is 5.49. The van der Waals surface area contributed by atoms with E-state index in [0.29, 0.717) is 36.8 Å². The Bertz CT molecular complexity index is 980. The summed E-state index contributed by atoms with van der Waals surface area (Å²) in [5.41, 5.74) is -0.636. The van der Waals surface area contributed by atoms with Gasteiger partial charge in [-0.15, -0.1) is 0 Å². The zero-order chi connectivity index (χ0) is 22.2. The van der Waals surface area contributed by atoms with E-state index >= 15 is 0 Å². The zero-order valence-electron chi connectivity index (χ0n) is 17.2. The van der Waals surface area contributed by atoms with E-state index in [1.165, 1.54) is 18.5 Å². The molecule has 0 spiro atoms. The first-order valence-corrected chi connectivity index (χ1v) is 10.4. The van der Waals surface area contributed by atoms with Crippen LogP contribution in [0.1, 0.15) is 66.6 Å². The van der Waals surface area contributed by atoms with E-state index in [-0.39, 0.29) is 17.9 Å². The Hall–Kier alpha value is -2.90. The van der Waals surface area contributed by atoms with Crippen LogP contribution in [0.5, 0.6) is 0 Å². The van der Waals surface area contributed by atoms with Gasteiger partial charge in [-0.2, -0.15) is 13.2 Å². The fourth-order valence-corrected chi connectivity index (χ4v) is 4.88. The molecule has 1 N–H and O–H groups in total. The van der Waals surface area contributed by atoms with Crippen LogP contribution in [-0.2, 0) is 11.0 Å². The Morgan fingerprint density at radius 3 is 2.65 bits per heavy atom. The number of carbonyl (C=O) groups is 2. The van der Waals surface area contributed by atoms with Gasteiger partial charge in [0, 0.05) is 24.4 Å². The number of nitrogens with one attached hydrogen (secondary N) is 1. The van der Waals surface area contributed by atoms with Crippen LogP contribution in [0.3, 0.4) is 0 Å².